The van der Waals surface area contributed by atoms with Crippen LogP contribution in [0, 0.1) is 0 Å². The van der Waals surface area contributed by atoms with E-state index >= 15 is 0 Å². The predicted octanol–water partition coefficient (Wildman–Crippen LogP) is 1.10. The third-order valence-corrected chi connectivity index (χ3v) is 2.97. The Kier molecular flexibility index (Phi) is 3.31. The molecule has 0 aromatic heterocycles. The summed E-state index contributed by atoms with van der Waals surface area (Å²) >= 11 is 0. The van der Waals surface area contributed by atoms with E-state index < -0.39 is 0 Å². The van der Waals surface area contributed by atoms with E-state index in [1.807, 2.05) is 18.2 Å². The molecule has 0 amide bonds. The van der Waals surface area contributed by atoms with Gasteiger partial charge in [0.05, 0.1) is 31.9 Å². The summed E-state index contributed by atoms with van der Waals surface area (Å²) in [6, 6.07) is 5.53. The van der Waals surface area contributed by atoms with Crippen molar-refractivity contribution in [2.75, 3.05) is 20.8 Å². The summed E-state index contributed by atoms with van der Waals surface area (Å²) in [6.45, 7) is 0.813. The van der Waals surface area contributed by atoms with E-state index in [1.54, 1.807) is 14.2 Å². The number of nitrogens with one attached hydrogen (secondary N) is 1. The van der Waals surface area contributed by atoms with Gasteiger partial charge in [-0.05, 0) is 25.1 Å². The lowest BCUT2D eigenvalue weighted by atomic mass is 10.0. The summed E-state index contributed by atoms with van der Waals surface area (Å²) in [5.41, 5.74) is 0.900. The Morgan fingerprint density at radius 2 is 1.88 bits per heavy atom. The van der Waals surface area contributed by atoms with E-state index in [-0.39, 0.29) is 12.1 Å². The minimum Gasteiger partial charge on any atom is -0.496 e. The van der Waals surface area contributed by atoms with Crippen molar-refractivity contribution in [3.63, 3.8) is 0 Å². The Morgan fingerprint density at radius 3 is 2.31 bits per heavy atom. The summed E-state index contributed by atoms with van der Waals surface area (Å²) in [4.78, 5) is 0. The van der Waals surface area contributed by atoms with Crippen molar-refractivity contribution < 1.29 is 14.6 Å². The molecule has 88 valence electrons. The Labute approximate surface area is 95.2 Å². The number of methoxy groups -OCH3 is 2. The van der Waals surface area contributed by atoms with Gasteiger partial charge in [-0.1, -0.05) is 6.07 Å². The Hall–Kier alpha value is -1.26. The second-order valence-corrected chi connectivity index (χ2v) is 3.86. The van der Waals surface area contributed by atoms with Crippen LogP contribution in [0.15, 0.2) is 18.2 Å². The van der Waals surface area contributed by atoms with E-state index in [0.717, 1.165) is 30.0 Å². The molecule has 2 unspecified atom stereocenters. The van der Waals surface area contributed by atoms with Crippen molar-refractivity contribution in [2.24, 2.45) is 0 Å². The molecule has 1 saturated heterocycles. The van der Waals surface area contributed by atoms with Crippen molar-refractivity contribution in [2.45, 2.75) is 18.6 Å². The van der Waals surface area contributed by atoms with Crippen LogP contribution in [0.25, 0.3) is 0 Å². The van der Waals surface area contributed by atoms with Crippen LogP contribution in [0.2, 0.25) is 0 Å². The maximum Gasteiger partial charge on any atom is 0.127 e. The molecule has 4 nitrogen and oxygen atoms in total. The smallest absolute Gasteiger partial charge is 0.127 e. The van der Waals surface area contributed by atoms with Gasteiger partial charge in [0.2, 0.25) is 0 Å². The van der Waals surface area contributed by atoms with Gasteiger partial charge in [0.15, 0.2) is 0 Å². The Bertz CT molecular complexity index is 345. The highest BCUT2D eigenvalue weighted by Gasteiger charge is 2.31. The van der Waals surface area contributed by atoms with Crippen molar-refractivity contribution in [1.29, 1.82) is 0 Å². The van der Waals surface area contributed by atoms with Crippen molar-refractivity contribution in [3.05, 3.63) is 23.8 Å². The van der Waals surface area contributed by atoms with Gasteiger partial charge in [-0.2, -0.15) is 0 Å². The van der Waals surface area contributed by atoms with Crippen LogP contribution in [0.3, 0.4) is 0 Å². The molecule has 1 fully saturated rings. The van der Waals surface area contributed by atoms with Gasteiger partial charge in [-0.25, -0.2) is 0 Å². The van der Waals surface area contributed by atoms with Crippen LogP contribution in [0.1, 0.15) is 18.0 Å². The fourth-order valence-electron chi connectivity index (χ4n) is 2.17. The lowest BCUT2D eigenvalue weighted by molar-refractivity contribution is 0.157. The molecule has 1 aliphatic heterocycles. The van der Waals surface area contributed by atoms with Crippen LogP contribution < -0.4 is 14.8 Å². The number of benzene rings is 1. The highest BCUT2D eigenvalue weighted by atomic mass is 16.5. The van der Waals surface area contributed by atoms with Gasteiger partial charge in [-0.15, -0.1) is 0 Å². The standard InChI is InChI=1S/C12H17NO3/c1-15-9-4-3-5-10(16-2)11(9)12-8(14)6-7-13-12/h3-5,8,12-14H,6-7H2,1-2H3. The minimum absolute atomic E-state index is 0.105. The largest absolute Gasteiger partial charge is 0.496 e. The summed E-state index contributed by atoms with van der Waals surface area (Å²) < 4.78 is 10.6. The molecule has 0 spiro atoms. The summed E-state index contributed by atoms with van der Waals surface area (Å²) in [6.07, 6.45) is 0.372. The normalized spacial score (nSPS) is 24.4. The SMILES string of the molecule is COc1cccc(OC)c1C1NCCC1O. The second-order valence-electron chi connectivity index (χ2n) is 3.86. The van der Waals surface area contributed by atoms with Crippen LogP contribution >= 0.6 is 0 Å². The fourth-order valence-corrected chi connectivity index (χ4v) is 2.17. The van der Waals surface area contributed by atoms with E-state index in [9.17, 15) is 5.11 Å². The van der Waals surface area contributed by atoms with Gasteiger partial charge < -0.3 is 19.9 Å². The molecule has 2 atom stereocenters. The number of aliphatic hydroxyl groups is 1. The van der Waals surface area contributed by atoms with E-state index in [4.69, 9.17) is 9.47 Å². The van der Waals surface area contributed by atoms with E-state index in [2.05, 4.69) is 5.32 Å². The molecule has 2 N–H and O–H groups in total. The quantitative estimate of drug-likeness (QED) is 0.805. The lowest BCUT2D eigenvalue weighted by Gasteiger charge is -2.20. The first kappa shape index (κ1) is 11.2. The van der Waals surface area contributed by atoms with Gasteiger partial charge in [0.25, 0.3) is 0 Å². The van der Waals surface area contributed by atoms with Gasteiger partial charge >= 0.3 is 0 Å². The van der Waals surface area contributed by atoms with E-state index in [1.165, 1.54) is 0 Å². The Morgan fingerprint density at radius 1 is 1.25 bits per heavy atom. The highest BCUT2D eigenvalue weighted by Crippen LogP contribution is 2.37. The highest BCUT2D eigenvalue weighted by molar-refractivity contribution is 5.47. The molecule has 1 heterocycles. The maximum atomic E-state index is 9.91. The van der Waals surface area contributed by atoms with Gasteiger partial charge in [0, 0.05) is 0 Å². The zero-order valence-corrected chi connectivity index (χ0v) is 9.56. The molecular weight excluding hydrogens is 206 g/mol. The molecule has 16 heavy (non-hydrogen) atoms. The molecule has 0 saturated carbocycles. The van der Waals surface area contributed by atoms with Gasteiger partial charge in [0.1, 0.15) is 11.5 Å². The average molecular weight is 223 g/mol. The number of aliphatic hydroxyl groups excluding tert-OH is 1. The molecule has 2 rings (SSSR count). The first-order valence-electron chi connectivity index (χ1n) is 5.40. The van der Waals surface area contributed by atoms with Crippen molar-refractivity contribution >= 4 is 0 Å². The molecule has 1 aromatic carbocycles. The third-order valence-electron chi connectivity index (χ3n) is 2.97. The van der Waals surface area contributed by atoms with Gasteiger partial charge in [-0.3, -0.25) is 0 Å². The molecule has 1 aliphatic rings. The molecule has 4 heteroatoms. The zero-order chi connectivity index (χ0) is 11.5. The van der Waals surface area contributed by atoms with Crippen LogP contribution in [-0.4, -0.2) is 32.0 Å². The fraction of sp³-hybridized carbons (Fsp3) is 0.500. The first-order valence-corrected chi connectivity index (χ1v) is 5.40. The summed E-state index contributed by atoms with van der Waals surface area (Å²) in [5.74, 6) is 1.50. The predicted molar refractivity (Wildman–Crippen MR) is 60.9 cm³/mol. The van der Waals surface area contributed by atoms with Crippen LogP contribution in [-0.2, 0) is 0 Å². The molecule has 0 aliphatic carbocycles. The molecule has 0 bridgehead atoms. The number of ether oxygens (including phenoxy) is 2. The minimum atomic E-state index is -0.384. The van der Waals surface area contributed by atoms with Crippen LogP contribution in [0.4, 0.5) is 0 Å². The molecule has 1 aromatic rings. The first-order chi connectivity index (χ1) is 7.77. The average Bonchev–Trinajstić information content (AvgIpc) is 2.74. The maximum absolute atomic E-state index is 9.91. The zero-order valence-electron chi connectivity index (χ0n) is 9.56. The lowest BCUT2D eigenvalue weighted by Crippen LogP contribution is -2.22. The molecule has 0 radical (unpaired) electrons. The van der Waals surface area contributed by atoms with E-state index in [0.29, 0.717) is 0 Å². The summed E-state index contributed by atoms with van der Waals surface area (Å²) in [7, 11) is 3.25. The molecular formula is C12H17NO3. The number of hydrogen-bond acceptors (Lipinski definition) is 4. The Balaban J connectivity index is 2.43. The second kappa shape index (κ2) is 4.72. The monoisotopic (exact) mass is 223 g/mol. The number of hydrogen-bond donors (Lipinski definition) is 2. The van der Waals surface area contributed by atoms with Crippen LogP contribution in [0.5, 0.6) is 11.5 Å². The topological polar surface area (TPSA) is 50.7 Å². The van der Waals surface area contributed by atoms with Crippen molar-refractivity contribution in [1.82, 2.24) is 5.32 Å². The summed E-state index contributed by atoms with van der Waals surface area (Å²) in [5, 5.41) is 13.2. The van der Waals surface area contributed by atoms with Crippen molar-refractivity contribution in [3.8, 4) is 11.5 Å². The third kappa shape index (κ3) is 1.86. The number of rotatable bonds is 3.